The first-order valence-corrected chi connectivity index (χ1v) is 10.9. The first-order valence-electron chi connectivity index (χ1n) is 8.75. The second-order valence-corrected chi connectivity index (χ2v) is 9.46. The monoisotopic (exact) mass is 423 g/mol. The molecule has 134 valence electrons. The number of nitrogens with zero attached hydrogens (tertiary/aromatic N) is 3. The fourth-order valence-corrected chi connectivity index (χ4v) is 5.93. The van der Waals surface area contributed by atoms with Gasteiger partial charge in [-0.15, -0.1) is 0 Å². The molecule has 0 N–H and O–H groups in total. The van der Waals surface area contributed by atoms with Crippen molar-refractivity contribution in [3.63, 3.8) is 0 Å². The van der Waals surface area contributed by atoms with Gasteiger partial charge in [-0.25, -0.2) is 0 Å². The highest BCUT2D eigenvalue weighted by atomic mass is 79.9. The van der Waals surface area contributed by atoms with E-state index < -0.39 is 10.2 Å². The Morgan fingerprint density at radius 3 is 2.36 bits per heavy atom. The summed E-state index contributed by atoms with van der Waals surface area (Å²) in [6, 6.07) is 11.7. The lowest BCUT2D eigenvalue weighted by molar-refractivity contribution is 0.254. The molecule has 0 bridgehead atoms. The minimum atomic E-state index is -3.47. The lowest BCUT2D eigenvalue weighted by Crippen LogP contribution is -2.50. The third-order valence-corrected chi connectivity index (χ3v) is 7.65. The number of benzene rings is 1. The van der Waals surface area contributed by atoms with Crippen molar-refractivity contribution in [2.45, 2.75) is 31.8 Å². The smallest absolute Gasteiger partial charge is 0.282 e. The summed E-state index contributed by atoms with van der Waals surface area (Å²) >= 11 is 3.47. The largest absolute Gasteiger partial charge is 0.348 e. The maximum absolute atomic E-state index is 13.4. The van der Waals surface area contributed by atoms with Crippen LogP contribution in [0.4, 0.5) is 0 Å². The van der Waals surface area contributed by atoms with E-state index in [0.717, 1.165) is 35.0 Å². The maximum atomic E-state index is 13.4. The standard InChI is InChI=1S/C18H22BrN3O2S/c19-16-8-6-15(7-9-16)18-17-5-4-10-20(17)13-14-22(18)25(23,24)21-11-2-1-3-12-21/h4-10,18H,1-3,11-14H2. The summed E-state index contributed by atoms with van der Waals surface area (Å²) in [6.45, 7) is 2.46. The van der Waals surface area contributed by atoms with Crippen LogP contribution in [0.15, 0.2) is 47.1 Å². The van der Waals surface area contributed by atoms with E-state index in [1.807, 2.05) is 42.6 Å². The van der Waals surface area contributed by atoms with E-state index in [-0.39, 0.29) is 6.04 Å². The zero-order valence-corrected chi connectivity index (χ0v) is 16.4. The van der Waals surface area contributed by atoms with E-state index in [2.05, 4.69) is 20.5 Å². The Bertz CT molecular complexity index is 841. The minimum absolute atomic E-state index is 0.274. The van der Waals surface area contributed by atoms with Crippen molar-refractivity contribution < 1.29 is 8.42 Å². The summed E-state index contributed by atoms with van der Waals surface area (Å²) in [4.78, 5) is 0. The quantitative estimate of drug-likeness (QED) is 0.759. The Kier molecular flexibility index (Phi) is 4.75. The summed E-state index contributed by atoms with van der Waals surface area (Å²) < 4.78 is 33.2. The zero-order chi connectivity index (χ0) is 17.4. The molecule has 0 spiro atoms. The molecule has 1 fully saturated rings. The topological polar surface area (TPSA) is 45.6 Å². The highest BCUT2D eigenvalue weighted by molar-refractivity contribution is 9.10. The van der Waals surface area contributed by atoms with E-state index in [0.29, 0.717) is 26.2 Å². The third kappa shape index (κ3) is 3.18. The van der Waals surface area contributed by atoms with Crippen LogP contribution in [-0.2, 0) is 16.8 Å². The number of hydrogen-bond donors (Lipinski definition) is 0. The Balaban J connectivity index is 1.76. The molecule has 1 saturated heterocycles. The minimum Gasteiger partial charge on any atom is -0.348 e. The second kappa shape index (κ2) is 6.87. The third-order valence-electron chi connectivity index (χ3n) is 5.12. The van der Waals surface area contributed by atoms with Crippen LogP contribution in [0, 0.1) is 0 Å². The van der Waals surface area contributed by atoms with Crippen molar-refractivity contribution in [3.8, 4) is 0 Å². The molecule has 1 atom stereocenters. The molecular formula is C18H22BrN3O2S. The van der Waals surface area contributed by atoms with Gasteiger partial charge in [-0.2, -0.15) is 17.0 Å². The summed E-state index contributed by atoms with van der Waals surface area (Å²) in [5.41, 5.74) is 2.04. The van der Waals surface area contributed by atoms with Gasteiger partial charge in [0.15, 0.2) is 0 Å². The fourth-order valence-electron chi connectivity index (χ4n) is 3.84. The predicted octanol–water partition coefficient (Wildman–Crippen LogP) is 3.39. The first kappa shape index (κ1) is 17.3. The summed E-state index contributed by atoms with van der Waals surface area (Å²) in [5, 5.41) is 0. The molecule has 1 aromatic carbocycles. The maximum Gasteiger partial charge on any atom is 0.282 e. The van der Waals surface area contributed by atoms with E-state index >= 15 is 0 Å². The SMILES string of the molecule is O=S(=O)(N1CCCCC1)N1CCn2cccc2C1c1ccc(Br)cc1. The van der Waals surface area contributed by atoms with Crippen LogP contribution < -0.4 is 0 Å². The molecule has 3 heterocycles. The summed E-state index contributed by atoms with van der Waals surface area (Å²) in [6.07, 6.45) is 5.05. The Hall–Kier alpha value is -1.15. The van der Waals surface area contributed by atoms with Crippen LogP contribution in [0.25, 0.3) is 0 Å². The van der Waals surface area contributed by atoms with Gasteiger partial charge in [0.25, 0.3) is 10.2 Å². The fraction of sp³-hybridized carbons (Fsp3) is 0.444. The number of halogens is 1. The van der Waals surface area contributed by atoms with E-state index in [9.17, 15) is 8.42 Å². The van der Waals surface area contributed by atoms with Crippen LogP contribution >= 0.6 is 15.9 Å². The second-order valence-electron chi connectivity index (χ2n) is 6.66. The van der Waals surface area contributed by atoms with E-state index in [1.165, 1.54) is 0 Å². The van der Waals surface area contributed by atoms with Crippen LogP contribution in [0.1, 0.15) is 36.6 Å². The molecule has 4 rings (SSSR count). The molecule has 0 radical (unpaired) electrons. The molecule has 2 aliphatic rings. The predicted molar refractivity (Wildman–Crippen MR) is 101 cm³/mol. The van der Waals surface area contributed by atoms with Crippen molar-refractivity contribution in [1.29, 1.82) is 0 Å². The molecule has 1 unspecified atom stereocenters. The molecule has 2 aliphatic heterocycles. The molecular weight excluding hydrogens is 402 g/mol. The van der Waals surface area contributed by atoms with Gasteiger partial charge in [0, 0.05) is 42.5 Å². The van der Waals surface area contributed by atoms with Crippen molar-refractivity contribution in [2.75, 3.05) is 19.6 Å². The highest BCUT2D eigenvalue weighted by Crippen LogP contribution is 2.36. The van der Waals surface area contributed by atoms with Gasteiger partial charge >= 0.3 is 0 Å². The number of fused-ring (bicyclic) bond motifs is 1. The zero-order valence-electron chi connectivity index (χ0n) is 14.0. The van der Waals surface area contributed by atoms with Gasteiger partial charge < -0.3 is 4.57 Å². The molecule has 25 heavy (non-hydrogen) atoms. The molecule has 0 amide bonds. The van der Waals surface area contributed by atoms with Crippen LogP contribution in [-0.4, -0.2) is 41.2 Å². The highest BCUT2D eigenvalue weighted by Gasteiger charge is 2.40. The molecule has 2 aromatic rings. The number of piperidine rings is 1. The van der Waals surface area contributed by atoms with Crippen molar-refractivity contribution in [1.82, 2.24) is 13.2 Å². The molecule has 5 nitrogen and oxygen atoms in total. The number of hydrogen-bond acceptors (Lipinski definition) is 2. The Morgan fingerprint density at radius 2 is 1.64 bits per heavy atom. The molecule has 1 aromatic heterocycles. The number of rotatable bonds is 3. The number of aromatic nitrogens is 1. The normalized spacial score (nSPS) is 22.7. The molecule has 0 saturated carbocycles. The van der Waals surface area contributed by atoms with E-state index in [1.54, 1.807) is 8.61 Å². The first-order chi connectivity index (χ1) is 12.1. The van der Waals surface area contributed by atoms with Gasteiger partial charge in [0.1, 0.15) is 0 Å². The Morgan fingerprint density at radius 1 is 0.920 bits per heavy atom. The van der Waals surface area contributed by atoms with Crippen LogP contribution in [0.5, 0.6) is 0 Å². The average Bonchev–Trinajstić information content (AvgIpc) is 3.11. The van der Waals surface area contributed by atoms with Crippen LogP contribution in [0.2, 0.25) is 0 Å². The summed E-state index contributed by atoms with van der Waals surface area (Å²) in [7, 11) is -3.47. The molecule has 0 aliphatic carbocycles. The van der Waals surface area contributed by atoms with Crippen molar-refractivity contribution in [2.24, 2.45) is 0 Å². The lowest BCUT2D eigenvalue weighted by atomic mass is 10.0. The van der Waals surface area contributed by atoms with E-state index in [4.69, 9.17) is 0 Å². The van der Waals surface area contributed by atoms with Gasteiger partial charge in [0.2, 0.25) is 0 Å². The van der Waals surface area contributed by atoms with Gasteiger partial charge in [0.05, 0.1) is 6.04 Å². The Labute approximate surface area is 157 Å². The van der Waals surface area contributed by atoms with Crippen molar-refractivity contribution in [3.05, 3.63) is 58.3 Å². The molecule has 7 heteroatoms. The van der Waals surface area contributed by atoms with Gasteiger partial charge in [-0.05, 0) is 42.7 Å². The van der Waals surface area contributed by atoms with Crippen LogP contribution in [0.3, 0.4) is 0 Å². The summed E-state index contributed by atoms with van der Waals surface area (Å²) in [5.74, 6) is 0. The lowest BCUT2D eigenvalue weighted by Gasteiger charge is -2.40. The van der Waals surface area contributed by atoms with Gasteiger partial charge in [-0.3, -0.25) is 0 Å². The average molecular weight is 424 g/mol. The van der Waals surface area contributed by atoms with Gasteiger partial charge in [-0.1, -0.05) is 34.5 Å². The van der Waals surface area contributed by atoms with Crippen molar-refractivity contribution >= 4 is 26.1 Å².